The molecule has 7 nitrogen and oxygen atoms in total. The molecule has 0 aliphatic heterocycles. The van der Waals surface area contributed by atoms with Gasteiger partial charge in [0.2, 0.25) is 0 Å². The monoisotopic (exact) mass is 459 g/mol. The number of hydrogen-bond donors (Lipinski definition) is 2. The van der Waals surface area contributed by atoms with Gasteiger partial charge in [-0.25, -0.2) is 4.98 Å². The number of nitrogens with one attached hydrogen (secondary N) is 2. The van der Waals surface area contributed by atoms with Gasteiger partial charge in [-0.15, -0.1) is 11.3 Å². The van der Waals surface area contributed by atoms with E-state index < -0.39 is 11.8 Å². The van der Waals surface area contributed by atoms with Crippen LogP contribution in [0.5, 0.6) is 11.5 Å². The van der Waals surface area contributed by atoms with Gasteiger partial charge >= 0.3 is 0 Å². The maximum atomic E-state index is 12.5. The van der Waals surface area contributed by atoms with Crippen molar-refractivity contribution in [2.75, 3.05) is 7.11 Å². The van der Waals surface area contributed by atoms with Crippen molar-refractivity contribution in [1.29, 1.82) is 0 Å². The fraction of sp³-hybridized carbons (Fsp3) is 0.0800. The largest absolute Gasteiger partial charge is 0.496 e. The molecule has 1 heterocycles. The number of hydrazine groups is 1. The number of amides is 2. The summed E-state index contributed by atoms with van der Waals surface area (Å²) in [6.07, 6.45) is 0. The average molecular weight is 460 g/mol. The summed E-state index contributed by atoms with van der Waals surface area (Å²) in [7, 11) is 1.48. The lowest BCUT2D eigenvalue weighted by atomic mass is 10.2. The predicted octanol–water partition coefficient (Wildman–Crippen LogP) is 4.47. The smallest absolute Gasteiger partial charge is 0.289 e. The van der Waals surface area contributed by atoms with E-state index in [0.29, 0.717) is 28.7 Å². The topological polar surface area (TPSA) is 89.6 Å². The number of carbonyl (C=O) groups excluding carboxylic acids is 2. The molecule has 166 valence electrons. The van der Waals surface area contributed by atoms with E-state index in [-0.39, 0.29) is 5.69 Å². The van der Waals surface area contributed by atoms with Gasteiger partial charge in [0, 0.05) is 5.38 Å². The number of benzene rings is 3. The number of thiazole rings is 1. The minimum Gasteiger partial charge on any atom is -0.496 e. The van der Waals surface area contributed by atoms with Gasteiger partial charge in [0.15, 0.2) is 0 Å². The van der Waals surface area contributed by atoms with Crippen molar-refractivity contribution in [3.63, 3.8) is 0 Å². The summed E-state index contributed by atoms with van der Waals surface area (Å²) in [5, 5.41) is 2.27. The molecule has 3 aromatic carbocycles. The molecule has 0 fully saturated rings. The van der Waals surface area contributed by atoms with Crippen LogP contribution in [0.25, 0.3) is 10.6 Å². The molecule has 0 aliphatic rings. The maximum absolute atomic E-state index is 12.5. The molecule has 0 radical (unpaired) electrons. The molecule has 1 aromatic heterocycles. The highest BCUT2D eigenvalue weighted by atomic mass is 32.1. The summed E-state index contributed by atoms with van der Waals surface area (Å²) in [6.45, 7) is 0.422. The second-order valence-corrected chi connectivity index (χ2v) is 7.77. The third kappa shape index (κ3) is 5.36. The highest BCUT2D eigenvalue weighted by Crippen LogP contribution is 2.32. The first-order valence-corrected chi connectivity index (χ1v) is 11.0. The van der Waals surface area contributed by atoms with E-state index in [2.05, 4.69) is 15.8 Å². The van der Waals surface area contributed by atoms with Crippen LogP contribution in [-0.2, 0) is 6.61 Å². The lowest BCUT2D eigenvalue weighted by Crippen LogP contribution is -2.41. The van der Waals surface area contributed by atoms with Crippen LogP contribution in [-0.4, -0.2) is 23.9 Å². The minimum absolute atomic E-state index is 0.188. The zero-order valence-corrected chi connectivity index (χ0v) is 18.6. The summed E-state index contributed by atoms with van der Waals surface area (Å²) in [6, 6.07) is 24.1. The summed E-state index contributed by atoms with van der Waals surface area (Å²) in [5.74, 6) is 0.0683. The molecular weight excluding hydrogens is 438 g/mol. The van der Waals surface area contributed by atoms with Crippen LogP contribution in [0.2, 0.25) is 0 Å². The van der Waals surface area contributed by atoms with Crippen molar-refractivity contribution in [3.8, 4) is 22.1 Å². The Labute approximate surface area is 195 Å². The molecule has 0 saturated carbocycles. The van der Waals surface area contributed by atoms with Crippen LogP contribution < -0.4 is 20.3 Å². The van der Waals surface area contributed by atoms with Crippen molar-refractivity contribution in [2.45, 2.75) is 6.61 Å². The van der Waals surface area contributed by atoms with Gasteiger partial charge in [0.25, 0.3) is 11.8 Å². The number of aromatic nitrogens is 1. The molecular formula is C25H21N3O4S. The minimum atomic E-state index is -0.525. The Morgan fingerprint density at radius 3 is 2.30 bits per heavy atom. The number of para-hydroxylation sites is 2. The van der Waals surface area contributed by atoms with Gasteiger partial charge in [0.1, 0.15) is 28.8 Å². The summed E-state index contributed by atoms with van der Waals surface area (Å²) in [5.41, 5.74) is 7.12. The Morgan fingerprint density at radius 2 is 1.52 bits per heavy atom. The Hall–Kier alpha value is -4.17. The van der Waals surface area contributed by atoms with Gasteiger partial charge in [-0.1, -0.05) is 54.6 Å². The van der Waals surface area contributed by atoms with E-state index in [9.17, 15) is 9.59 Å². The van der Waals surface area contributed by atoms with Crippen molar-refractivity contribution in [3.05, 3.63) is 101 Å². The van der Waals surface area contributed by atoms with Crippen molar-refractivity contribution >= 4 is 23.2 Å². The molecule has 0 atom stereocenters. The molecule has 0 unspecified atom stereocenters. The quantitative estimate of drug-likeness (QED) is 0.398. The number of hydrogen-bond acceptors (Lipinski definition) is 6. The first kappa shape index (κ1) is 22.0. The summed E-state index contributed by atoms with van der Waals surface area (Å²) >= 11 is 1.32. The van der Waals surface area contributed by atoms with Crippen molar-refractivity contribution in [2.24, 2.45) is 0 Å². The number of rotatable bonds is 7. The Balaban J connectivity index is 1.42. The van der Waals surface area contributed by atoms with Gasteiger partial charge < -0.3 is 9.47 Å². The van der Waals surface area contributed by atoms with Crippen LogP contribution in [0.15, 0.2) is 84.2 Å². The lowest BCUT2D eigenvalue weighted by molar-refractivity contribution is 0.0842. The highest BCUT2D eigenvalue weighted by molar-refractivity contribution is 7.13. The van der Waals surface area contributed by atoms with Crippen LogP contribution >= 0.6 is 11.3 Å². The molecule has 0 bridgehead atoms. The molecule has 2 N–H and O–H groups in total. The average Bonchev–Trinajstić information content (AvgIpc) is 3.37. The lowest BCUT2D eigenvalue weighted by Gasteiger charge is -2.10. The molecule has 4 aromatic rings. The fourth-order valence-electron chi connectivity index (χ4n) is 3.08. The van der Waals surface area contributed by atoms with Gasteiger partial charge in [-0.05, 0) is 29.8 Å². The molecule has 0 spiro atoms. The number of carbonyl (C=O) groups is 2. The first-order valence-electron chi connectivity index (χ1n) is 10.1. The summed E-state index contributed by atoms with van der Waals surface area (Å²) in [4.78, 5) is 29.3. The predicted molar refractivity (Wildman–Crippen MR) is 126 cm³/mol. The van der Waals surface area contributed by atoms with E-state index in [0.717, 1.165) is 11.1 Å². The molecule has 33 heavy (non-hydrogen) atoms. The van der Waals surface area contributed by atoms with Gasteiger partial charge in [-0.3, -0.25) is 20.4 Å². The van der Waals surface area contributed by atoms with Crippen LogP contribution in [0.4, 0.5) is 0 Å². The summed E-state index contributed by atoms with van der Waals surface area (Å²) < 4.78 is 11.2. The normalized spacial score (nSPS) is 10.3. The molecule has 2 amide bonds. The first-order chi connectivity index (χ1) is 16.2. The van der Waals surface area contributed by atoms with Crippen LogP contribution in [0, 0.1) is 0 Å². The van der Waals surface area contributed by atoms with Crippen LogP contribution in [0.3, 0.4) is 0 Å². The molecule has 8 heteroatoms. The Morgan fingerprint density at radius 1 is 0.848 bits per heavy atom. The third-order valence-electron chi connectivity index (χ3n) is 4.73. The van der Waals surface area contributed by atoms with E-state index in [4.69, 9.17) is 9.47 Å². The van der Waals surface area contributed by atoms with Crippen molar-refractivity contribution in [1.82, 2.24) is 15.8 Å². The third-order valence-corrected chi connectivity index (χ3v) is 5.61. The van der Waals surface area contributed by atoms with E-state index in [1.807, 2.05) is 54.6 Å². The molecule has 0 saturated heterocycles. The second-order valence-electron chi connectivity index (χ2n) is 6.92. The van der Waals surface area contributed by atoms with Gasteiger partial charge in [0.05, 0.1) is 18.2 Å². The van der Waals surface area contributed by atoms with Crippen molar-refractivity contribution < 1.29 is 19.1 Å². The van der Waals surface area contributed by atoms with E-state index >= 15 is 0 Å². The maximum Gasteiger partial charge on any atom is 0.289 e. The van der Waals surface area contributed by atoms with E-state index in [1.165, 1.54) is 18.4 Å². The standard InChI is InChI=1S/C25H21N3O4S/c1-31-21-13-7-5-11-18(21)23(29)27-28-24(30)20-16-33-25(26-20)19-12-6-8-14-22(19)32-15-17-9-3-2-4-10-17/h2-14,16H,15H2,1H3,(H,27,29)(H,28,30). The molecule has 0 aliphatic carbocycles. The zero-order valence-electron chi connectivity index (χ0n) is 17.8. The number of ether oxygens (including phenoxy) is 2. The SMILES string of the molecule is COc1ccccc1C(=O)NNC(=O)c1csc(-c2ccccc2OCc2ccccc2)n1. The molecule has 4 rings (SSSR count). The Bertz CT molecular complexity index is 1260. The Kier molecular flexibility index (Phi) is 6.96. The number of methoxy groups -OCH3 is 1. The van der Waals surface area contributed by atoms with E-state index in [1.54, 1.807) is 29.6 Å². The zero-order chi connectivity index (χ0) is 23.0. The van der Waals surface area contributed by atoms with Crippen LogP contribution in [0.1, 0.15) is 26.4 Å². The highest BCUT2D eigenvalue weighted by Gasteiger charge is 2.17. The fourth-order valence-corrected chi connectivity index (χ4v) is 3.91. The number of nitrogens with zero attached hydrogens (tertiary/aromatic N) is 1. The van der Waals surface area contributed by atoms with Gasteiger partial charge in [-0.2, -0.15) is 0 Å². The second kappa shape index (κ2) is 10.4.